The fourth-order valence-electron chi connectivity index (χ4n) is 2.88. The molecular formula is C14H21BrN2O. The lowest BCUT2D eigenvalue weighted by atomic mass is 9.78. The van der Waals surface area contributed by atoms with Crippen LogP contribution in [0, 0.1) is 11.8 Å². The van der Waals surface area contributed by atoms with Crippen molar-refractivity contribution in [3.05, 3.63) is 22.4 Å². The number of amides is 1. The fourth-order valence-corrected chi connectivity index (χ4v) is 3.23. The van der Waals surface area contributed by atoms with Gasteiger partial charge >= 0.3 is 0 Å². The Bertz CT molecular complexity index is 414. The monoisotopic (exact) mass is 312 g/mol. The van der Waals surface area contributed by atoms with Gasteiger partial charge < -0.3 is 10.3 Å². The third kappa shape index (κ3) is 3.16. The molecule has 4 heteroatoms. The lowest BCUT2D eigenvalue weighted by Crippen LogP contribution is -2.44. The summed E-state index contributed by atoms with van der Waals surface area (Å²) in [4.78, 5) is 15.1. The zero-order valence-electron chi connectivity index (χ0n) is 11.0. The highest BCUT2D eigenvalue weighted by atomic mass is 79.9. The zero-order chi connectivity index (χ0) is 13.1. The highest BCUT2D eigenvalue weighted by Crippen LogP contribution is 2.30. The Morgan fingerprint density at radius 3 is 2.78 bits per heavy atom. The van der Waals surface area contributed by atoms with Crippen LogP contribution in [-0.2, 0) is 0 Å². The number of hydrogen-bond donors (Lipinski definition) is 2. The minimum atomic E-state index is 0.0123. The average Bonchev–Trinajstić information content (AvgIpc) is 2.76. The number of carbonyl (C=O) groups is 1. The van der Waals surface area contributed by atoms with Crippen molar-refractivity contribution in [2.24, 2.45) is 11.8 Å². The van der Waals surface area contributed by atoms with E-state index in [1.54, 1.807) is 6.20 Å². The minimum absolute atomic E-state index is 0.0123. The van der Waals surface area contributed by atoms with Crippen LogP contribution in [0.2, 0.25) is 0 Å². The van der Waals surface area contributed by atoms with E-state index >= 15 is 0 Å². The van der Waals surface area contributed by atoms with Crippen LogP contribution in [0.15, 0.2) is 16.7 Å². The Morgan fingerprint density at radius 2 is 2.17 bits per heavy atom. The number of aromatic nitrogens is 1. The maximum absolute atomic E-state index is 12.1. The van der Waals surface area contributed by atoms with Crippen molar-refractivity contribution in [1.82, 2.24) is 10.3 Å². The molecule has 1 fully saturated rings. The van der Waals surface area contributed by atoms with Crippen molar-refractivity contribution < 1.29 is 4.79 Å². The van der Waals surface area contributed by atoms with Gasteiger partial charge in [-0.1, -0.05) is 26.7 Å². The van der Waals surface area contributed by atoms with E-state index in [0.717, 1.165) is 10.9 Å². The number of nitrogens with one attached hydrogen (secondary N) is 2. The molecule has 2 unspecified atom stereocenters. The summed E-state index contributed by atoms with van der Waals surface area (Å²) >= 11 is 3.35. The second-order valence-electron chi connectivity index (χ2n) is 5.50. The maximum atomic E-state index is 12.1. The molecule has 1 heterocycles. The minimum Gasteiger partial charge on any atom is -0.356 e. The van der Waals surface area contributed by atoms with Gasteiger partial charge in [-0.2, -0.15) is 0 Å². The van der Waals surface area contributed by atoms with Gasteiger partial charge in [0.1, 0.15) is 5.69 Å². The Morgan fingerprint density at radius 1 is 1.44 bits per heavy atom. The van der Waals surface area contributed by atoms with Crippen LogP contribution in [0.4, 0.5) is 0 Å². The molecule has 0 spiro atoms. The molecule has 2 rings (SSSR count). The summed E-state index contributed by atoms with van der Waals surface area (Å²) < 4.78 is 0.914. The Kier molecular flexibility index (Phi) is 4.49. The van der Waals surface area contributed by atoms with E-state index in [0.29, 0.717) is 23.6 Å². The van der Waals surface area contributed by atoms with Crippen LogP contribution in [0.1, 0.15) is 50.0 Å². The number of aromatic amines is 1. The average molecular weight is 313 g/mol. The number of carbonyl (C=O) groups excluding carboxylic acids is 1. The molecule has 0 radical (unpaired) electrons. The molecule has 1 amide bonds. The van der Waals surface area contributed by atoms with Gasteiger partial charge in [-0.3, -0.25) is 4.79 Å². The van der Waals surface area contributed by atoms with E-state index in [1.807, 2.05) is 6.07 Å². The molecule has 0 aromatic carbocycles. The van der Waals surface area contributed by atoms with Crippen molar-refractivity contribution in [2.75, 3.05) is 0 Å². The van der Waals surface area contributed by atoms with Crippen molar-refractivity contribution >= 4 is 21.8 Å². The number of rotatable bonds is 3. The molecule has 1 saturated carbocycles. The second kappa shape index (κ2) is 5.91. The molecule has 1 aromatic heterocycles. The van der Waals surface area contributed by atoms with E-state index < -0.39 is 0 Å². The van der Waals surface area contributed by atoms with Gasteiger partial charge in [0.05, 0.1) is 0 Å². The molecule has 1 aliphatic rings. The normalized spacial score (nSPS) is 24.2. The first kappa shape index (κ1) is 13.7. The number of hydrogen-bond acceptors (Lipinski definition) is 1. The number of halogens is 1. The molecule has 2 N–H and O–H groups in total. The first-order valence-electron chi connectivity index (χ1n) is 6.72. The Labute approximate surface area is 117 Å². The highest BCUT2D eigenvalue weighted by Gasteiger charge is 2.29. The second-order valence-corrected chi connectivity index (χ2v) is 6.42. The quantitative estimate of drug-likeness (QED) is 0.877. The summed E-state index contributed by atoms with van der Waals surface area (Å²) in [6.07, 6.45) is 6.65. The highest BCUT2D eigenvalue weighted by molar-refractivity contribution is 9.10. The van der Waals surface area contributed by atoms with E-state index in [2.05, 4.69) is 40.1 Å². The smallest absolute Gasteiger partial charge is 0.267 e. The van der Waals surface area contributed by atoms with Gasteiger partial charge in [-0.25, -0.2) is 0 Å². The first-order valence-corrected chi connectivity index (χ1v) is 7.52. The first-order chi connectivity index (χ1) is 8.58. The van der Waals surface area contributed by atoms with Crippen molar-refractivity contribution in [2.45, 2.75) is 45.6 Å². The summed E-state index contributed by atoms with van der Waals surface area (Å²) in [5.74, 6) is 1.25. The lowest BCUT2D eigenvalue weighted by molar-refractivity contribution is 0.0884. The van der Waals surface area contributed by atoms with Gasteiger partial charge in [0.25, 0.3) is 5.91 Å². The molecule has 0 bridgehead atoms. The maximum Gasteiger partial charge on any atom is 0.267 e. The van der Waals surface area contributed by atoms with Crippen LogP contribution >= 0.6 is 15.9 Å². The summed E-state index contributed by atoms with van der Waals surface area (Å²) in [6, 6.07) is 2.15. The van der Waals surface area contributed by atoms with Crippen LogP contribution in [0.25, 0.3) is 0 Å². The van der Waals surface area contributed by atoms with E-state index in [9.17, 15) is 4.79 Å². The van der Waals surface area contributed by atoms with Gasteiger partial charge in [-0.15, -0.1) is 0 Å². The SMILES string of the molecule is CC(C)C1CCCCC1NC(=O)c1cc(Br)c[nH]1. The molecule has 0 aliphatic heterocycles. The van der Waals surface area contributed by atoms with Gasteiger partial charge in [0.15, 0.2) is 0 Å². The zero-order valence-corrected chi connectivity index (χ0v) is 12.6. The predicted octanol–water partition coefficient (Wildman–Crippen LogP) is 3.72. The molecule has 2 atom stereocenters. The van der Waals surface area contributed by atoms with Crippen molar-refractivity contribution in [1.29, 1.82) is 0 Å². The molecular weight excluding hydrogens is 292 g/mol. The molecule has 100 valence electrons. The third-order valence-corrected chi connectivity index (χ3v) is 4.34. The Balaban J connectivity index is 2.00. The standard InChI is InChI=1S/C14H21BrN2O/c1-9(2)11-5-3-4-6-12(11)17-14(18)13-7-10(15)8-16-13/h7-9,11-12,16H,3-6H2,1-2H3,(H,17,18). The van der Waals surface area contributed by atoms with Gasteiger partial charge in [-0.05, 0) is 46.7 Å². The largest absolute Gasteiger partial charge is 0.356 e. The van der Waals surface area contributed by atoms with E-state index in [1.165, 1.54) is 19.3 Å². The summed E-state index contributed by atoms with van der Waals surface area (Å²) in [5, 5.41) is 3.19. The van der Waals surface area contributed by atoms with Crippen LogP contribution in [-0.4, -0.2) is 16.9 Å². The molecule has 1 aliphatic carbocycles. The number of H-pyrrole nitrogens is 1. The van der Waals surface area contributed by atoms with E-state index in [4.69, 9.17) is 0 Å². The van der Waals surface area contributed by atoms with Crippen molar-refractivity contribution in [3.63, 3.8) is 0 Å². The topological polar surface area (TPSA) is 44.9 Å². The van der Waals surface area contributed by atoms with Crippen molar-refractivity contribution in [3.8, 4) is 0 Å². The van der Waals surface area contributed by atoms with Gasteiger partial charge in [0.2, 0.25) is 0 Å². The van der Waals surface area contributed by atoms with Crippen LogP contribution in [0.3, 0.4) is 0 Å². The summed E-state index contributed by atoms with van der Waals surface area (Å²) in [7, 11) is 0. The summed E-state index contributed by atoms with van der Waals surface area (Å²) in [6.45, 7) is 4.50. The van der Waals surface area contributed by atoms with Gasteiger partial charge in [0, 0.05) is 16.7 Å². The third-order valence-electron chi connectivity index (χ3n) is 3.88. The lowest BCUT2D eigenvalue weighted by Gasteiger charge is -2.34. The molecule has 0 saturated heterocycles. The van der Waals surface area contributed by atoms with E-state index in [-0.39, 0.29) is 5.91 Å². The summed E-state index contributed by atoms with van der Waals surface area (Å²) in [5.41, 5.74) is 0.634. The Hall–Kier alpha value is -0.770. The van der Waals surface area contributed by atoms with Crippen LogP contribution in [0.5, 0.6) is 0 Å². The predicted molar refractivity (Wildman–Crippen MR) is 76.5 cm³/mol. The molecule has 18 heavy (non-hydrogen) atoms. The molecule has 1 aromatic rings. The van der Waals surface area contributed by atoms with Crippen LogP contribution < -0.4 is 5.32 Å². The fraction of sp³-hybridized carbons (Fsp3) is 0.643. The molecule has 3 nitrogen and oxygen atoms in total.